The van der Waals surface area contributed by atoms with Crippen molar-refractivity contribution in [3.63, 3.8) is 0 Å². The Morgan fingerprint density at radius 3 is 2.48 bits per heavy atom. The average Bonchev–Trinajstić information content (AvgIpc) is 3.13. The zero-order chi connectivity index (χ0) is 23.2. The number of carbonyl (C=O) groups excluding carboxylic acids is 1. The van der Waals surface area contributed by atoms with Gasteiger partial charge in [0.05, 0.1) is 19.0 Å². The highest BCUT2D eigenvalue weighted by Crippen LogP contribution is 2.66. The number of phosphoric acid groups is 3. The van der Waals surface area contributed by atoms with Crippen molar-refractivity contribution in [2.75, 3.05) is 6.61 Å². The third-order valence-corrected chi connectivity index (χ3v) is 7.67. The van der Waals surface area contributed by atoms with Crippen molar-refractivity contribution in [1.29, 1.82) is 0 Å². The fraction of sp³-hybridized carbons (Fsp3) is 0.600. The molecule has 0 aliphatic carbocycles. The van der Waals surface area contributed by atoms with Crippen molar-refractivity contribution in [2.24, 2.45) is 20.7 Å². The van der Waals surface area contributed by atoms with Crippen molar-refractivity contribution >= 4 is 47.5 Å². The molecule has 7 N–H and O–H groups in total. The molecular weight excluding hydrogens is 491 g/mol. The highest BCUT2D eigenvalue weighted by Gasteiger charge is 2.46. The van der Waals surface area contributed by atoms with Gasteiger partial charge in [-0.15, -0.1) is 0 Å². The van der Waals surface area contributed by atoms with Crippen LogP contribution in [0.4, 0.5) is 0 Å². The Labute approximate surface area is 172 Å². The molecule has 31 heavy (non-hydrogen) atoms. The van der Waals surface area contributed by atoms with Crippen LogP contribution in [0.2, 0.25) is 0 Å². The number of ether oxygens (including phenoxy) is 1. The van der Waals surface area contributed by atoms with E-state index in [0.717, 1.165) is 0 Å². The number of amidine groups is 1. The summed E-state index contributed by atoms with van der Waals surface area (Å²) < 4.78 is 50.8. The van der Waals surface area contributed by atoms with Gasteiger partial charge in [-0.05, 0) is 0 Å². The SMILES string of the molecule is NC1=NC(=O)C2N=CN([C@@H]3C[C@@H](O)[C@@H](COP(=O)(O)OP(=O)(O)OP(=O)(O)O)O3)C2=N1. The van der Waals surface area contributed by atoms with Crippen molar-refractivity contribution in [3.05, 3.63) is 0 Å². The second kappa shape index (κ2) is 8.51. The number of hydrogen-bond donors (Lipinski definition) is 6. The summed E-state index contributed by atoms with van der Waals surface area (Å²) in [5.41, 5.74) is 5.45. The molecule has 0 saturated carbocycles. The predicted octanol–water partition coefficient (Wildman–Crippen LogP) is -2.23. The van der Waals surface area contributed by atoms with Crippen LogP contribution < -0.4 is 5.73 Å². The first-order chi connectivity index (χ1) is 14.2. The van der Waals surface area contributed by atoms with E-state index in [4.69, 9.17) is 25.2 Å². The van der Waals surface area contributed by atoms with E-state index in [1.807, 2.05) is 0 Å². The summed E-state index contributed by atoms with van der Waals surface area (Å²) in [6.07, 6.45) is -2.33. The van der Waals surface area contributed by atoms with E-state index in [0.29, 0.717) is 0 Å². The Hall–Kier alpha value is -1.39. The van der Waals surface area contributed by atoms with E-state index in [1.54, 1.807) is 0 Å². The van der Waals surface area contributed by atoms with Gasteiger partial charge in [-0.2, -0.15) is 18.6 Å². The average molecular weight is 507 g/mol. The van der Waals surface area contributed by atoms with Crippen LogP contribution in [0.25, 0.3) is 0 Å². The highest BCUT2D eigenvalue weighted by atomic mass is 31.3. The first-order valence-corrected chi connectivity index (χ1v) is 12.6. The number of aliphatic hydroxyl groups excluding tert-OH is 1. The maximum Gasteiger partial charge on any atom is 0.490 e. The molecule has 1 fully saturated rings. The molecule has 3 aliphatic heterocycles. The number of nitrogens with zero attached hydrogens (tertiary/aromatic N) is 4. The van der Waals surface area contributed by atoms with Gasteiger partial charge in [0.15, 0.2) is 11.9 Å². The second-order valence-electron chi connectivity index (χ2n) is 6.17. The number of amides is 1. The number of nitrogens with two attached hydrogens (primary N) is 1. The maximum atomic E-state index is 11.8. The molecule has 6 atom stereocenters. The number of aliphatic hydroxyl groups is 1. The van der Waals surface area contributed by atoms with Gasteiger partial charge in [-0.1, -0.05) is 0 Å². The van der Waals surface area contributed by atoms with Crippen molar-refractivity contribution in [1.82, 2.24) is 4.90 Å². The number of carbonyl (C=O) groups is 1. The maximum absolute atomic E-state index is 11.8. The van der Waals surface area contributed by atoms with Crippen molar-refractivity contribution < 1.29 is 61.1 Å². The lowest BCUT2D eigenvalue weighted by atomic mass is 10.2. The summed E-state index contributed by atoms with van der Waals surface area (Å²) in [7, 11) is -16.6. The van der Waals surface area contributed by atoms with Gasteiger partial charge in [0.1, 0.15) is 12.3 Å². The van der Waals surface area contributed by atoms with Crippen molar-refractivity contribution in [3.8, 4) is 0 Å². The summed E-state index contributed by atoms with van der Waals surface area (Å²) >= 11 is 0. The minimum Gasteiger partial charge on any atom is -0.390 e. The molecule has 3 heterocycles. The summed E-state index contributed by atoms with van der Waals surface area (Å²) in [5.74, 6) is -0.846. The van der Waals surface area contributed by atoms with Crippen LogP contribution in [0.1, 0.15) is 6.42 Å². The first kappa shape index (κ1) is 24.3. The molecule has 3 rings (SSSR count). The predicted molar refractivity (Wildman–Crippen MR) is 97.3 cm³/mol. The van der Waals surface area contributed by atoms with Crippen LogP contribution in [0.15, 0.2) is 15.0 Å². The quantitative estimate of drug-likeness (QED) is 0.190. The van der Waals surface area contributed by atoms with Crippen LogP contribution in [0.3, 0.4) is 0 Å². The molecular formula is C10H16N5O13P3. The highest BCUT2D eigenvalue weighted by molar-refractivity contribution is 7.66. The van der Waals surface area contributed by atoms with E-state index in [9.17, 15) is 28.5 Å². The van der Waals surface area contributed by atoms with Gasteiger partial charge in [0, 0.05) is 6.42 Å². The molecule has 0 aromatic heterocycles. The standard InChI is InChI=1S/C10H16N5O13P3/c11-10-13-8-7(9(17)14-10)12-3-15(8)6-1-4(16)5(26-6)2-25-30(21,22)28-31(23,24)27-29(18,19)20/h3-7,16H,1-2H2,(H,21,22)(H,23,24)(H2,11,14,17)(H2,18,19,20)/t4-,5-,6+,7?/m1/s1. The molecule has 1 saturated heterocycles. The first-order valence-electron chi connectivity index (χ1n) is 8.06. The van der Waals surface area contributed by atoms with Crippen LogP contribution in [-0.4, -0.2) is 84.7 Å². The topological polar surface area (TPSA) is 273 Å². The molecule has 18 nitrogen and oxygen atoms in total. The summed E-state index contributed by atoms with van der Waals surface area (Å²) in [5, 5.41) is 10.1. The van der Waals surface area contributed by atoms with Gasteiger partial charge in [-0.25, -0.2) is 13.7 Å². The lowest BCUT2D eigenvalue weighted by Crippen LogP contribution is -2.44. The van der Waals surface area contributed by atoms with E-state index in [2.05, 4.69) is 28.1 Å². The summed E-state index contributed by atoms with van der Waals surface area (Å²) in [6.45, 7) is -0.842. The Morgan fingerprint density at radius 2 is 1.84 bits per heavy atom. The van der Waals surface area contributed by atoms with Crippen LogP contribution in [-0.2, 0) is 36.4 Å². The zero-order valence-corrected chi connectivity index (χ0v) is 17.7. The minimum atomic E-state index is -5.67. The van der Waals surface area contributed by atoms with Crippen molar-refractivity contribution in [2.45, 2.75) is 30.9 Å². The molecule has 0 aromatic rings. The number of rotatable bonds is 8. The number of guanidine groups is 1. The van der Waals surface area contributed by atoms with Crippen LogP contribution in [0.5, 0.6) is 0 Å². The smallest absolute Gasteiger partial charge is 0.390 e. The second-order valence-corrected chi connectivity index (χ2v) is 10.6. The lowest BCUT2D eigenvalue weighted by molar-refractivity contribution is -0.117. The molecule has 3 aliphatic rings. The largest absolute Gasteiger partial charge is 0.490 e. The van der Waals surface area contributed by atoms with E-state index >= 15 is 0 Å². The third-order valence-electron chi connectivity index (χ3n) is 3.87. The molecule has 21 heteroatoms. The number of aliphatic imine (C=N–C) groups is 3. The van der Waals surface area contributed by atoms with Gasteiger partial charge >= 0.3 is 23.5 Å². The number of fused-ring (bicyclic) bond motifs is 1. The normalized spacial score (nSPS) is 32.3. The molecule has 3 unspecified atom stereocenters. The van der Waals surface area contributed by atoms with Crippen LogP contribution >= 0.6 is 23.5 Å². The van der Waals surface area contributed by atoms with Crippen LogP contribution in [0, 0.1) is 0 Å². The molecule has 174 valence electrons. The third kappa shape index (κ3) is 6.10. The monoisotopic (exact) mass is 507 g/mol. The fourth-order valence-electron chi connectivity index (χ4n) is 2.74. The zero-order valence-electron chi connectivity index (χ0n) is 15.0. The minimum absolute atomic E-state index is 0.0899. The summed E-state index contributed by atoms with van der Waals surface area (Å²) in [4.78, 5) is 60.0. The Morgan fingerprint density at radius 1 is 1.16 bits per heavy atom. The molecule has 0 aromatic carbocycles. The summed E-state index contributed by atoms with van der Waals surface area (Å²) in [6, 6.07) is -1.03. The van der Waals surface area contributed by atoms with E-state index in [1.165, 1.54) is 11.2 Å². The Bertz CT molecular complexity index is 992. The van der Waals surface area contributed by atoms with Gasteiger partial charge in [0.25, 0.3) is 5.91 Å². The van der Waals surface area contributed by atoms with E-state index < -0.39 is 60.5 Å². The fourth-order valence-corrected chi connectivity index (χ4v) is 5.77. The van der Waals surface area contributed by atoms with Gasteiger partial charge in [0.2, 0.25) is 5.96 Å². The lowest BCUT2D eigenvalue weighted by Gasteiger charge is -2.25. The van der Waals surface area contributed by atoms with Gasteiger partial charge in [-0.3, -0.25) is 19.2 Å². The Kier molecular flexibility index (Phi) is 6.66. The Balaban J connectivity index is 1.60. The van der Waals surface area contributed by atoms with E-state index in [-0.39, 0.29) is 18.2 Å². The number of hydrogen-bond acceptors (Lipinski definition) is 13. The molecule has 0 radical (unpaired) electrons. The molecule has 0 bridgehead atoms. The molecule has 0 spiro atoms. The number of phosphoric ester groups is 1. The molecule has 1 amide bonds. The van der Waals surface area contributed by atoms with Gasteiger partial charge < -0.3 is 35.2 Å².